The Morgan fingerprint density at radius 2 is 1.79 bits per heavy atom. The summed E-state index contributed by atoms with van der Waals surface area (Å²) in [7, 11) is 0. The number of ether oxygens (including phenoxy) is 3. The van der Waals surface area contributed by atoms with E-state index in [-0.39, 0.29) is 24.5 Å². The van der Waals surface area contributed by atoms with Crippen molar-refractivity contribution in [2.45, 2.75) is 18.6 Å². The van der Waals surface area contributed by atoms with E-state index in [1.54, 1.807) is 11.0 Å². The second-order valence-corrected chi connectivity index (χ2v) is 6.20. The number of esters is 1. The number of benzene rings is 1. The average Bonchev–Trinajstić information content (AvgIpc) is 3.07. The maximum atomic E-state index is 12.7. The molecule has 1 amide bonds. The predicted molar refractivity (Wildman–Crippen MR) is 83.9 cm³/mol. The molecule has 4 rings (SSSR count). The van der Waals surface area contributed by atoms with Gasteiger partial charge in [0.25, 0.3) is 5.91 Å². The SMILES string of the molecule is O=C1OCCC1N1CCN(C(=O)C2COc3ccccc3O2)CC1. The minimum atomic E-state index is -0.608. The van der Waals surface area contributed by atoms with E-state index in [2.05, 4.69) is 4.90 Å². The summed E-state index contributed by atoms with van der Waals surface area (Å²) in [5.41, 5.74) is 0. The maximum absolute atomic E-state index is 12.7. The molecule has 3 heterocycles. The van der Waals surface area contributed by atoms with E-state index in [1.807, 2.05) is 18.2 Å². The molecule has 0 spiro atoms. The molecule has 1 aromatic rings. The molecular formula is C17H20N2O5. The van der Waals surface area contributed by atoms with Crippen LogP contribution in [0, 0.1) is 0 Å². The first-order valence-corrected chi connectivity index (χ1v) is 8.30. The smallest absolute Gasteiger partial charge is 0.323 e. The van der Waals surface area contributed by atoms with E-state index in [9.17, 15) is 9.59 Å². The van der Waals surface area contributed by atoms with Crippen LogP contribution in [0.15, 0.2) is 24.3 Å². The van der Waals surface area contributed by atoms with Crippen molar-refractivity contribution in [3.05, 3.63) is 24.3 Å². The molecule has 2 fully saturated rings. The number of para-hydroxylation sites is 2. The van der Waals surface area contributed by atoms with Gasteiger partial charge >= 0.3 is 5.97 Å². The quantitative estimate of drug-likeness (QED) is 0.725. The van der Waals surface area contributed by atoms with E-state index >= 15 is 0 Å². The first-order chi connectivity index (χ1) is 11.7. The van der Waals surface area contributed by atoms with Gasteiger partial charge in [0.15, 0.2) is 11.5 Å². The summed E-state index contributed by atoms with van der Waals surface area (Å²) in [6.07, 6.45) is 0.131. The fraction of sp³-hybridized carbons (Fsp3) is 0.529. The minimum Gasteiger partial charge on any atom is -0.485 e. The summed E-state index contributed by atoms with van der Waals surface area (Å²) in [6, 6.07) is 7.21. The molecule has 0 aromatic heterocycles. The molecule has 0 bridgehead atoms. The Morgan fingerprint density at radius 3 is 2.50 bits per heavy atom. The summed E-state index contributed by atoms with van der Waals surface area (Å²) in [5, 5.41) is 0. The lowest BCUT2D eigenvalue weighted by molar-refractivity contribution is -0.145. The molecule has 24 heavy (non-hydrogen) atoms. The molecule has 0 radical (unpaired) electrons. The van der Waals surface area contributed by atoms with Crippen LogP contribution >= 0.6 is 0 Å². The molecule has 0 N–H and O–H groups in total. The molecule has 1 aromatic carbocycles. The van der Waals surface area contributed by atoms with Crippen LogP contribution in [0.3, 0.4) is 0 Å². The van der Waals surface area contributed by atoms with E-state index in [0.717, 1.165) is 6.42 Å². The highest BCUT2D eigenvalue weighted by atomic mass is 16.6. The number of nitrogens with zero attached hydrogens (tertiary/aromatic N) is 2. The van der Waals surface area contributed by atoms with Gasteiger partial charge in [-0.05, 0) is 12.1 Å². The Labute approximate surface area is 140 Å². The first-order valence-electron chi connectivity index (χ1n) is 8.30. The zero-order valence-corrected chi connectivity index (χ0v) is 13.3. The lowest BCUT2D eigenvalue weighted by Gasteiger charge is -2.38. The Balaban J connectivity index is 1.34. The van der Waals surface area contributed by atoms with Crippen molar-refractivity contribution in [2.75, 3.05) is 39.4 Å². The van der Waals surface area contributed by atoms with Gasteiger partial charge in [0.05, 0.1) is 6.61 Å². The number of cyclic esters (lactones) is 1. The maximum Gasteiger partial charge on any atom is 0.323 e. The number of carbonyl (C=O) groups is 2. The number of amides is 1. The number of carbonyl (C=O) groups excluding carboxylic acids is 2. The Morgan fingerprint density at radius 1 is 1.04 bits per heavy atom. The lowest BCUT2D eigenvalue weighted by Crippen LogP contribution is -2.56. The van der Waals surface area contributed by atoms with Gasteiger partial charge < -0.3 is 19.1 Å². The van der Waals surface area contributed by atoms with Gasteiger partial charge in [-0.1, -0.05) is 12.1 Å². The van der Waals surface area contributed by atoms with Crippen molar-refractivity contribution >= 4 is 11.9 Å². The van der Waals surface area contributed by atoms with Crippen LogP contribution in [-0.2, 0) is 14.3 Å². The van der Waals surface area contributed by atoms with Gasteiger partial charge in [0.2, 0.25) is 6.10 Å². The highest BCUT2D eigenvalue weighted by Gasteiger charge is 2.37. The third kappa shape index (κ3) is 2.80. The minimum absolute atomic E-state index is 0.0573. The summed E-state index contributed by atoms with van der Waals surface area (Å²) in [4.78, 5) is 28.2. The molecule has 3 aliphatic rings. The van der Waals surface area contributed by atoms with Gasteiger partial charge in [0, 0.05) is 32.6 Å². The lowest BCUT2D eigenvalue weighted by atomic mass is 10.1. The third-order valence-electron chi connectivity index (χ3n) is 4.76. The number of fused-ring (bicyclic) bond motifs is 1. The molecule has 128 valence electrons. The summed E-state index contributed by atoms with van der Waals surface area (Å²) in [5.74, 6) is 1.08. The normalized spacial score (nSPS) is 27.0. The fourth-order valence-corrected chi connectivity index (χ4v) is 3.42. The average molecular weight is 332 g/mol. The monoisotopic (exact) mass is 332 g/mol. The molecule has 2 unspecified atom stereocenters. The van der Waals surface area contributed by atoms with Crippen LogP contribution < -0.4 is 9.47 Å². The van der Waals surface area contributed by atoms with Gasteiger partial charge in [-0.15, -0.1) is 0 Å². The van der Waals surface area contributed by atoms with E-state index < -0.39 is 6.10 Å². The molecular weight excluding hydrogens is 312 g/mol. The molecule has 0 saturated carbocycles. The Kier molecular flexibility index (Phi) is 4.02. The van der Waals surface area contributed by atoms with Crippen LogP contribution in [0.4, 0.5) is 0 Å². The molecule has 7 nitrogen and oxygen atoms in total. The predicted octanol–water partition coefficient (Wildman–Crippen LogP) is 0.286. The van der Waals surface area contributed by atoms with Crippen molar-refractivity contribution < 1.29 is 23.8 Å². The van der Waals surface area contributed by atoms with E-state index in [0.29, 0.717) is 44.3 Å². The molecule has 7 heteroatoms. The summed E-state index contributed by atoms with van der Waals surface area (Å²) < 4.78 is 16.4. The number of hydrogen-bond donors (Lipinski definition) is 0. The standard InChI is InChI=1S/C17H20N2O5/c20-16(15-11-23-13-3-1-2-4-14(13)24-15)19-8-6-18(7-9-19)12-5-10-22-17(12)21/h1-4,12,15H,5-11H2. The van der Waals surface area contributed by atoms with Gasteiger partial charge in [-0.3, -0.25) is 14.5 Å². The summed E-state index contributed by atoms with van der Waals surface area (Å²) in [6.45, 7) is 3.25. The number of piperazine rings is 1. The van der Waals surface area contributed by atoms with E-state index in [1.165, 1.54) is 0 Å². The molecule has 2 atom stereocenters. The first kappa shape index (κ1) is 15.3. The number of hydrogen-bond acceptors (Lipinski definition) is 6. The molecule has 0 aliphatic carbocycles. The fourth-order valence-electron chi connectivity index (χ4n) is 3.42. The zero-order chi connectivity index (χ0) is 16.5. The van der Waals surface area contributed by atoms with Crippen molar-refractivity contribution in [1.29, 1.82) is 0 Å². The van der Waals surface area contributed by atoms with Crippen LogP contribution in [-0.4, -0.2) is 73.2 Å². The van der Waals surface area contributed by atoms with Gasteiger partial charge in [-0.25, -0.2) is 0 Å². The largest absolute Gasteiger partial charge is 0.485 e. The Hall–Kier alpha value is -2.28. The summed E-state index contributed by atoms with van der Waals surface area (Å²) >= 11 is 0. The van der Waals surface area contributed by atoms with Crippen molar-refractivity contribution in [3.8, 4) is 11.5 Å². The molecule has 3 aliphatic heterocycles. The van der Waals surface area contributed by atoms with Crippen molar-refractivity contribution in [3.63, 3.8) is 0 Å². The van der Waals surface area contributed by atoms with E-state index in [4.69, 9.17) is 14.2 Å². The van der Waals surface area contributed by atoms with Crippen LogP contribution in [0.25, 0.3) is 0 Å². The van der Waals surface area contributed by atoms with Crippen LogP contribution in [0.1, 0.15) is 6.42 Å². The van der Waals surface area contributed by atoms with Crippen molar-refractivity contribution in [1.82, 2.24) is 9.80 Å². The van der Waals surface area contributed by atoms with Crippen molar-refractivity contribution in [2.24, 2.45) is 0 Å². The third-order valence-corrected chi connectivity index (χ3v) is 4.76. The highest BCUT2D eigenvalue weighted by molar-refractivity contribution is 5.82. The highest BCUT2D eigenvalue weighted by Crippen LogP contribution is 2.31. The number of rotatable bonds is 2. The van der Waals surface area contributed by atoms with Crippen LogP contribution in [0.2, 0.25) is 0 Å². The van der Waals surface area contributed by atoms with Gasteiger partial charge in [-0.2, -0.15) is 0 Å². The topological polar surface area (TPSA) is 68.3 Å². The zero-order valence-electron chi connectivity index (χ0n) is 13.3. The molecule has 2 saturated heterocycles. The Bertz CT molecular complexity index is 642. The second kappa shape index (κ2) is 6.32. The van der Waals surface area contributed by atoms with Crippen LogP contribution in [0.5, 0.6) is 11.5 Å². The van der Waals surface area contributed by atoms with Gasteiger partial charge in [0.1, 0.15) is 12.6 Å². The second-order valence-electron chi connectivity index (χ2n) is 6.20.